The molecular formula is C18H17NO2S. The molecule has 4 heteroatoms. The maximum absolute atomic E-state index is 11.4. The van der Waals surface area contributed by atoms with Gasteiger partial charge in [0.1, 0.15) is 5.75 Å². The van der Waals surface area contributed by atoms with Crippen molar-refractivity contribution in [3.05, 3.63) is 59.2 Å². The van der Waals surface area contributed by atoms with Crippen LogP contribution in [0.5, 0.6) is 5.75 Å². The third-order valence-corrected chi connectivity index (χ3v) is 4.10. The minimum Gasteiger partial charge on any atom is -0.478 e. The van der Waals surface area contributed by atoms with Gasteiger partial charge in [0.15, 0.2) is 12.4 Å². The molecule has 0 bridgehead atoms. The molecule has 112 valence electrons. The number of hydrogen-bond acceptors (Lipinski definition) is 4. The van der Waals surface area contributed by atoms with E-state index < -0.39 is 6.10 Å². The van der Waals surface area contributed by atoms with Crippen LogP contribution < -0.4 is 4.74 Å². The zero-order valence-corrected chi connectivity index (χ0v) is 13.4. The van der Waals surface area contributed by atoms with Crippen LogP contribution in [-0.2, 0) is 4.79 Å². The van der Waals surface area contributed by atoms with Gasteiger partial charge in [-0.05, 0) is 54.1 Å². The molecule has 0 heterocycles. The molecule has 0 spiro atoms. The average molecular weight is 311 g/mol. The van der Waals surface area contributed by atoms with Gasteiger partial charge in [-0.25, -0.2) is 0 Å². The van der Waals surface area contributed by atoms with Crippen molar-refractivity contribution in [2.45, 2.75) is 24.8 Å². The SMILES string of the molecule is CCSc1ccc(C(C=O)Oc2ccc(C#N)cc2C)cc1. The zero-order valence-electron chi connectivity index (χ0n) is 12.6. The third-order valence-electron chi connectivity index (χ3n) is 3.20. The van der Waals surface area contributed by atoms with Crippen LogP contribution in [0.1, 0.15) is 29.7 Å². The number of carbonyl (C=O) groups is 1. The first-order chi connectivity index (χ1) is 10.7. The van der Waals surface area contributed by atoms with Crippen LogP contribution >= 0.6 is 11.8 Å². The van der Waals surface area contributed by atoms with E-state index >= 15 is 0 Å². The molecule has 2 aromatic carbocycles. The Balaban J connectivity index is 2.18. The third kappa shape index (κ3) is 3.90. The molecule has 3 nitrogen and oxygen atoms in total. The van der Waals surface area contributed by atoms with E-state index in [1.54, 1.807) is 30.0 Å². The summed E-state index contributed by atoms with van der Waals surface area (Å²) in [6.07, 6.45) is 0.145. The maximum atomic E-state index is 11.4. The van der Waals surface area contributed by atoms with Gasteiger partial charge in [0.2, 0.25) is 0 Å². The van der Waals surface area contributed by atoms with E-state index in [9.17, 15) is 4.79 Å². The number of aldehydes is 1. The van der Waals surface area contributed by atoms with Gasteiger partial charge < -0.3 is 4.74 Å². The van der Waals surface area contributed by atoms with Crippen molar-refractivity contribution < 1.29 is 9.53 Å². The summed E-state index contributed by atoms with van der Waals surface area (Å²) in [6, 6.07) is 15.1. The molecule has 2 aromatic rings. The molecule has 0 amide bonds. The standard InChI is InChI=1S/C18H17NO2S/c1-3-22-16-7-5-15(6-8-16)18(12-20)21-17-9-4-14(11-19)10-13(17)2/h4-10,12,18H,3H2,1-2H3. The smallest absolute Gasteiger partial charge is 0.179 e. The lowest BCUT2D eigenvalue weighted by molar-refractivity contribution is -0.113. The molecule has 0 aliphatic heterocycles. The lowest BCUT2D eigenvalue weighted by atomic mass is 10.1. The lowest BCUT2D eigenvalue weighted by Crippen LogP contribution is -2.09. The van der Waals surface area contributed by atoms with Gasteiger partial charge in [0.05, 0.1) is 11.6 Å². The Morgan fingerprint density at radius 3 is 2.55 bits per heavy atom. The molecule has 2 rings (SSSR count). The van der Waals surface area contributed by atoms with Gasteiger partial charge in [0, 0.05) is 4.90 Å². The van der Waals surface area contributed by atoms with Crippen LogP contribution in [0, 0.1) is 18.3 Å². The van der Waals surface area contributed by atoms with Crippen LogP contribution in [0.3, 0.4) is 0 Å². The molecule has 1 unspecified atom stereocenters. The van der Waals surface area contributed by atoms with E-state index in [2.05, 4.69) is 13.0 Å². The Morgan fingerprint density at radius 1 is 1.27 bits per heavy atom. The van der Waals surface area contributed by atoms with Gasteiger partial charge in [0.25, 0.3) is 0 Å². The minimum absolute atomic E-state index is 0.577. The highest BCUT2D eigenvalue weighted by Crippen LogP contribution is 2.26. The molecule has 0 N–H and O–H groups in total. The molecule has 0 aliphatic carbocycles. The fourth-order valence-corrected chi connectivity index (χ4v) is 2.74. The summed E-state index contributed by atoms with van der Waals surface area (Å²) in [5.74, 6) is 1.63. The monoisotopic (exact) mass is 311 g/mol. The highest BCUT2D eigenvalue weighted by atomic mass is 32.2. The summed E-state index contributed by atoms with van der Waals surface area (Å²) < 4.78 is 5.80. The van der Waals surface area contributed by atoms with Gasteiger partial charge >= 0.3 is 0 Å². The molecule has 0 aromatic heterocycles. The van der Waals surface area contributed by atoms with Gasteiger partial charge in [-0.1, -0.05) is 19.1 Å². The summed E-state index contributed by atoms with van der Waals surface area (Å²) in [5.41, 5.74) is 2.23. The second-order valence-corrected chi connectivity index (χ2v) is 6.11. The average Bonchev–Trinajstić information content (AvgIpc) is 2.55. The molecule has 0 radical (unpaired) electrons. The van der Waals surface area contributed by atoms with Gasteiger partial charge in [-0.2, -0.15) is 5.26 Å². The molecule has 1 atom stereocenters. The Morgan fingerprint density at radius 2 is 2.00 bits per heavy atom. The predicted octanol–water partition coefficient (Wildman–Crippen LogP) is 4.30. The molecule has 22 heavy (non-hydrogen) atoms. The Labute approximate surface area is 134 Å². The van der Waals surface area contributed by atoms with Crippen molar-refractivity contribution >= 4 is 18.0 Å². The Bertz CT molecular complexity index is 689. The fourth-order valence-electron chi connectivity index (χ4n) is 2.08. The fraction of sp³-hybridized carbons (Fsp3) is 0.222. The van der Waals surface area contributed by atoms with Crippen LogP contribution in [0.2, 0.25) is 0 Å². The van der Waals surface area contributed by atoms with Gasteiger partial charge in [-0.15, -0.1) is 11.8 Å². The second kappa shape index (κ2) is 7.67. The summed E-state index contributed by atoms with van der Waals surface area (Å²) >= 11 is 1.75. The Kier molecular flexibility index (Phi) is 5.62. The number of nitrogens with zero attached hydrogens (tertiary/aromatic N) is 1. The molecule has 0 saturated heterocycles. The summed E-state index contributed by atoms with van der Waals surface area (Å²) in [5, 5.41) is 8.88. The van der Waals surface area contributed by atoms with E-state index in [1.165, 1.54) is 4.90 Å². The van der Waals surface area contributed by atoms with Crippen molar-refractivity contribution in [1.82, 2.24) is 0 Å². The van der Waals surface area contributed by atoms with E-state index in [4.69, 9.17) is 10.00 Å². The first kappa shape index (κ1) is 16.1. The number of nitriles is 1. The Hall–Kier alpha value is -2.25. The van der Waals surface area contributed by atoms with Crippen molar-refractivity contribution in [2.75, 3.05) is 5.75 Å². The van der Waals surface area contributed by atoms with E-state index in [0.717, 1.165) is 23.2 Å². The number of rotatable bonds is 6. The molecular weight excluding hydrogens is 294 g/mol. The number of ether oxygens (including phenoxy) is 1. The molecule has 0 aliphatic rings. The highest BCUT2D eigenvalue weighted by molar-refractivity contribution is 7.99. The van der Waals surface area contributed by atoms with Crippen LogP contribution in [0.4, 0.5) is 0 Å². The second-order valence-electron chi connectivity index (χ2n) is 4.77. The summed E-state index contributed by atoms with van der Waals surface area (Å²) in [7, 11) is 0. The van der Waals surface area contributed by atoms with Crippen molar-refractivity contribution in [2.24, 2.45) is 0 Å². The van der Waals surface area contributed by atoms with Crippen molar-refractivity contribution in [1.29, 1.82) is 5.26 Å². The number of hydrogen-bond donors (Lipinski definition) is 0. The minimum atomic E-state index is -0.646. The quantitative estimate of drug-likeness (QED) is 0.589. The van der Waals surface area contributed by atoms with Crippen LogP contribution in [0.15, 0.2) is 47.4 Å². The maximum Gasteiger partial charge on any atom is 0.179 e. The molecule has 0 fully saturated rings. The normalized spacial score (nSPS) is 11.5. The van der Waals surface area contributed by atoms with Gasteiger partial charge in [-0.3, -0.25) is 4.79 Å². The number of aryl methyl sites for hydroxylation is 1. The first-order valence-electron chi connectivity index (χ1n) is 7.03. The highest BCUT2D eigenvalue weighted by Gasteiger charge is 2.14. The topological polar surface area (TPSA) is 50.1 Å². The largest absolute Gasteiger partial charge is 0.478 e. The lowest BCUT2D eigenvalue weighted by Gasteiger charge is -2.16. The number of benzene rings is 2. The summed E-state index contributed by atoms with van der Waals surface area (Å²) in [6.45, 7) is 3.96. The number of thioether (sulfide) groups is 1. The van der Waals surface area contributed by atoms with Crippen molar-refractivity contribution in [3.63, 3.8) is 0 Å². The van der Waals surface area contributed by atoms with Crippen LogP contribution in [-0.4, -0.2) is 12.0 Å². The predicted molar refractivity (Wildman–Crippen MR) is 88.2 cm³/mol. The molecule has 0 saturated carbocycles. The number of carbonyl (C=O) groups excluding carboxylic acids is 1. The first-order valence-corrected chi connectivity index (χ1v) is 8.02. The zero-order chi connectivity index (χ0) is 15.9. The van der Waals surface area contributed by atoms with Crippen molar-refractivity contribution in [3.8, 4) is 11.8 Å². The van der Waals surface area contributed by atoms with Crippen LogP contribution in [0.25, 0.3) is 0 Å². The van der Waals surface area contributed by atoms with E-state index in [-0.39, 0.29) is 0 Å². The van der Waals surface area contributed by atoms with E-state index in [1.807, 2.05) is 31.2 Å². The summed E-state index contributed by atoms with van der Waals surface area (Å²) in [4.78, 5) is 12.5. The van der Waals surface area contributed by atoms with E-state index in [0.29, 0.717) is 11.3 Å².